The summed E-state index contributed by atoms with van der Waals surface area (Å²) in [6.45, 7) is 0.368. The predicted molar refractivity (Wildman–Crippen MR) is 46.3 cm³/mol. The summed E-state index contributed by atoms with van der Waals surface area (Å²) < 4.78 is 4.98. The van der Waals surface area contributed by atoms with Gasteiger partial charge in [0.05, 0.1) is 13.1 Å². The van der Waals surface area contributed by atoms with E-state index in [1.165, 1.54) is 0 Å². The van der Waals surface area contributed by atoms with Crippen LogP contribution in [0.15, 0.2) is 30.3 Å². The lowest BCUT2D eigenvalue weighted by Gasteiger charge is -2.02. The van der Waals surface area contributed by atoms with Crippen molar-refractivity contribution in [3.05, 3.63) is 35.9 Å². The molecule has 0 atom stereocenters. The highest BCUT2D eigenvalue weighted by Gasteiger charge is 2.05. The molecule has 64 valence electrons. The molecule has 1 rings (SSSR count). The Kier molecular flexibility index (Phi) is 3.80. The van der Waals surface area contributed by atoms with Crippen molar-refractivity contribution in [2.45, 2.75) is 6.61 Å². The van der Waals surface area contributed by atoms with Crippen molar-refractivity contribution in [2.75, 3.05) is 6.51 Å². The Morgan fingerprint density at radius 1 is 1.17 bits per heavy atom. The Balaban J connectivity index is 2.25. The molecule has 0 heterocycles. The highest BCUT2D eigenvalue weighted by Crippen LogP contribution is 1.99. The van der Waals surface area contributed by atoms with Crippen LogP contribution >= 0.6 is 0 Å². The van der Waals surface area contributed by atoms with Gasteiger partial charge >= 0.3 is 7.12 Å². The van der Waals surface area contributed by atoms with Crippen molar-refractivity contribution in [1.82, 2.24) is 0 Å². The van der Waals surface area contributed by atoms with Gasteiger partial charge in [-0.15, -0.1) is 0 Å². The van der Waals surface area contributed by atoms with Gasteiger partial charge in [0.25, 0.3) is 0 Å². The fourth-order valence-electron chi connectivity index (χ4n) is 0.856. The van der Waals surface area contributed by atoms with E-state index in [2.05, 4.69) is 0 Å². The molecule has 0 saturated heterocycles. The Bertz CT molecular complexity index is 213. The van der Waals surface area contributed by atoms with Crippen molar-refractivity contribution in [2.24, 2.45) is 0 Å². The van der Waals surface area contributed by atoms with Crippen molar-refractivity contribution in [3.63, 3.8) is 0 Å². The zero-order valence-corrected chi connectivity index (χ0v) is 6.68. The zero-order valence-electron chi connectivity index (χ0n) is 6.68. The minimum atomic E-state index is -1.38. The van der Waals surface area contributed by atoms with Crippen LogP contribution in [-0.4, -0.2) is 23.7 Å². The summed E-state index contributed by atoms with van der Waals surface area (Å²) in [6.07, 6.45) is 0. The summed E-state index contributed by atoms with van der Waals surface area (Å²) >= 11 is 0. The number of ether oxygens (including phenoxy) is 1. The highest BCUT2D eigenvalue weighted by molar-refractivity contribution is 6.40. The first kappa shape index (κ1) is 9.25. The fourth-order valence-corrected chi connectivity index (χ4v) is 0.856. The maximum atomic E-state index is 8.46. The van der Waals surface area contributed by atoms with Gasteiger partial charge in [0.1, 0.15) is 0 Å². The second kappa shape index (κ2) is 4.93. The summed E-state index contributed by atoms with van der Waals surface area (Å²) in [5.41, 5.74) is 1.03. The van der Waals surface area contributed by atoms with Crippen molar-refractivity contribution >= 4 is 7.12 Å². The molecule has 0 saturated carbocycles. The first-order chi connectivity index (χ1) is 5.79. The zero-order chi connectivity index (χ0) is 8.81. The molecule has 0 radical (unpaired) electrons. The van der Waals surface area contributed by atoms with Gasteiger partial charge in [-0.2, -0.15) is 0 Å². The second-order valence-corrected chi connectivity index (χ2v) is 2.48. The minimum absolute atomic E-state index is 0.0467. The van der Waals surface area contributed by atoms with E-state index >= 15 is 0 Å². The van der Waals surface area contributed by atoms with Gasteiger partial charge < -0.3 is 14.8 Å². The molecule has 1 aromatic rings. The summed E-state index contributed by atoms with van der Waals surface area (Å²) in [5.74, 6) is 0. The summed E-state index contributed by atoms with van der Waals surface area (Å²) in [7, 11) is -1.38. The molecule has 0 fully saturated rings. The van der Waals surface area contributed by atoms with E-state index in [1.54, 1.807) is 0 Å². The second-order valence-electron chi connectivity index (χ2n) is 2.48. The SMILES string of the molecule is OB(O)COCc1ccccc1. The number of hydrogen-bond donors (Lipinski definition) is 2. The first-order valence-electron chi connectivity index (χ1n) is 3.77. The average Bonchev–Trinajstić information content (AvgIpc) is 2.05. The van der Waals surface area contributed by atoms with Crippen LogP contribution in [0.4, 0.5) is 0 Å². The van der Waals surface area contributed by atoms with Crippen LogP contribution in [0.1, 0.15) is 5.56 Å². The molecule has 4 heteroatoms. The van der Waals surface area contributed by atoms with Crippen LogP contribution in [0.25, 0.3) is 0 Å². The topological polar surface area (TPSA) is 49.7 Å². The molecular weight excluding hydrogens is 155 g/mol. The third kappa shape index (κ3) is 3.53. The molecule has 0 bridgehead atoms. The van der Waals surface area contributed by atoms with Gasteiger partial charge in [-0.05, 0) is 5.56 Å². The number of benzene rings is 1. The van der Waals surface area contributed by atoms with Crippen LogP contribution in [0.3, 0.4) is 0 Å². The average molecular weight is 166 g/mol. The highest BCUT2D eigenvalue weighted by atomic mass is 16.5. The Labute approximate surface area is 71.8 Å². The normalized spacial score (nSPS) is 9.83. The van der Waals surface area contributed by atoms with Crippen molar-refractivity contribution < 1.29 is 14.8 Å². The monoisotopic (exact) mass is 166 g/mol. The number of hydrogen-bond acceptors (Lipinski definition) is 3. The molecule has 0 aliphatic heterocycles. The molecule has 0 unspecified atom stereocenters. The van der Waals surface area contributed by atoms with Crippen LogP contribution < -0.4 is 0 Å². The molecule has 0 aliphatic rings. The van der Waals surface area contributed by atoms with Crippen molar-refractivity contribution in [1.29, 1.82) is 0 Å². The maximum absolute atomic E-state index is 8.46. The largest absolute Gasteiger partial charge is 0.479 e. The quantitative estimate of drug-likeness (QED) is 0.628. The van der Waals surface area contributed by atoms with Crippen LogP contribution in [-0.2, 0) is 11.3 Å². The van der Waals surface area contributed by atoms with Crippen molar-refractivity contribution in [3.8, 4) is 0 Å². The molecule has 0 aromatic heterocycles. The van der Waals surface area contributed by atoms with Gasteiger partial charge in [0, 0.05) is 0 Å². The lowest BCUT2D eigenvalue weighted by Crippen LogP contribution is -2.19. The minimum Gasteiger partial charge on any atom is -0.426 e. The number of rotatable bonds is 4. The van der Waals surface area contributed by atoms with E-state index < -0.39 is 7.12 Å². The molecule has 0 amide bonds. The van der Waals surface area contributed by atoms with E-state index in [9.17, 15) is 0 Å². The maximum Gasteiger partial charge on any atom is 0.479 e. The van der Waals surface area contributed by atoms with E-state index in [-0.39, 0.29) is 6.51 Å². The van der Waals surface area contributed by atoms with E-state index in [0.29, 0.717) is 6.61 Å². The Morgan fingerprint density at radius 3 is 2.42 bits per heavy atom. The molecule has 3 nitrogen and oxygen atoms in total. The van der Waals surface area contributed by atoms with Gasteiger partial charge in [0.15, 0.2) is 0 Å². The van der Waals surface area contributed by atoms with Gasteiger partial charge in [0.2, 0.25) is 0 Å². The van der Waals surface area contributed by atoms with Gasteiger partial charge in [-0.1, -0.05) is 30.3 Å². The third-order valence-corrected chi connectivity index (χ3v) is 1.38. The van der Waals surface area contributed by atoms with E-state index in [1.807, 2.05) is 30.3 Å². The third-order valence-electron chi connectivity index (χ3n) is 1.38. The fraction of sp³-hybridized carbons (Fsp3) is 0.250. The predicted octanol–water partition coefficient (Wildman–Crippen LogP) is 0.215. The molecular formula is C8H11BO3. The summed E-state index contributed by atoms with van der Waals surface area (Å²) in [5, 5.41) is 16.9. The molecule has 1 aromatic carbocycles. The van der Waals surface area contributed by atoms with E-state index in [4.69, 9.17) is 14.8 Å². The summed E-state index contributed by atoms with van der Waals surface area (Å²) in [6, 6.07) is 9.58. The van der Waals surface area contributed by atoms with E-state index in [0.717, 1.165) is 5.56 Å². The smallest absolute Gasteiger partial charge is 0.426 e. The Hall–Kier alpha value is -0.835. The molecule has 0 aliphatic carbocycles. The van der Waals surface area contributed by atoms with Gasteiger partial charge in [-0.25, -0.2) is 0 Å². The van der Waals surface area contributed by atoms with Crippen LogP contribution in [0, 0.1) is 0 Å². The Morgan fingerprint density at radius 2 is 1.83 bits per heavy atom. The molecule has 12 heavy (non-hydrogen) atoms. The lowest BCUT2D eigenvalue weighted by molar-refractivity contribution is 0.141. The van der Waals surface area contributed by atoms with Gasteiger partial charge in [-0.3, -0.25) is 0 Å². The first-order valence-corrected chi connectivity index (χ1v) is 3.77. The van der Waals surface area contributed by atoms with Crippen LogP contribution in [0.5, 0.6) is 0 Å². The molecule has 2 N–H and O–H groups in total. The summed E-state index contributed by atoms with van der Waals surface area (Å²) in [4.78, 5) is 0. The molecule has 0 spiro atoms. The van der Waals surface area contributed by atoms with Crippen LogP contribution in [0.2, 0.25) is 0 Å². The lowest BCUT2D eigenvalue weighted by atomic mass is 9.95. The standard InChI is InChI=1S/C8H11BO3/c10-9(11)7-12-6-8-4-2-1-3-5-8/h1-5,10-11H,6-7H2.